The molecule has 0 aromatic heterocycles. The average Bonchev–Trinajstić information content (AvgIpc) is 2.61. The maximum absolute atomic E-state index is 12.4. The van der Waals surface area contributed by atoms with Crippen molar-refractivity contribution in [1.82, 2.24) is 5.32 Å². The number of carboxylic acid groups (broad SMARTS) is 1. The number of hydrogen-bond acceptors (Lipinski definition) is 4. The molecule has 0 saturated carbocycles. The second-order valence-corrected chi connectivity index (χ2v) is 5.68. The van der Waals surface area contributed by atoms with E-state index in [-0.39, 0.29) is 24.7 Å². The summed E-state index contributed by atoms with van der Waals surface area (Å²) in [7, 11) is 0. The third kappa shape index (κ3) is 6.49. The molecule has 5 nitrogen and oxygen atoms in total. The molecule has 1 atom stereocenters. The van der Waals surface area contributed by atoms with Gasteiger partial charge in [0.2, 0.25) is 0 Å². The summed E-state index contributed by atoms with van der Waals surface area (Å²) in [5.41, 5.74) is 1.25. The van der Waals surface area contributed by atoms with E-state index in [0.717, 1.165) is 0 Å². The maximum atomic E-state index is 12.4. The van der Waals surface area contributed by atoms with E-state index < -0.39 is 24.8 Å². The zero-order chi connectivity index (χ0) is 19.9. The fourth-order valence-corrected chi connectivity index (χ4v) is 2.42. The molecule has 8 heteroatoms. The van der Waals surface area contributed by atoms with Crippen molar-refractivity contribution in [3.63, 3.8) is 0 Å². The largest absolute Gasteiger partial charge is 0.490 e. The Morgan fingerprint density at radius 2 is 1.81 bits per heavy atom. The monoisotopic (exact) mass is 383 g/mol. The van der Waals surface area contributed by atoms with Crippen LogP contribution in [0.1, 0.15) is 24.1 Å². The minimum absolute atomic E-state index is 0.0178. The van der Waals surface area contributed by atoms with Gasteiger partial charge in [0.1, 0.15) is 6.04 Å². The SMILES string of the molecule is CCOc1cc(CN[C@H](C(=O)O)c2ccccc2)ccc1OCC(F)(F)F. The molecule has 0 aliphatic heterocycles. The van der Waals surface area contributed by atoms with Crippen LogP contribution in [0, 0.1) is 0 Å². The minimum Gasteiger partial charge on any atom is -0.490 e. The summed E-state index contributed by atoms with van der Waals surface area (Å²) in [6, 6.07) is 12.2. The predicted octanol–water partition coefficient (Wildman–Crippen LogP) is 3.94. The molecule has 0 aliphatic rings. The van der Waals surface area contributed by atoms with Gasteiger partial charge in [-0.1, -0.05) is 36.4 Å². The lowest BCUT2D eigenvalue weighted by Gasteiger charge is -2.17. The molecule has 0 aliphatic carbocycles. The second kappa shape index (κ2) is 9.27. The van der Waals surface area contributed by atoms with Crippen LogP contribution in [-0.2, 0) is 11.3 Å². The summed E-state index contributed by atoms with van der Waals surface area (Å²) in [4.78, 5) is 11.5. The second-order valence-electron chi connectivity index (χ2n) is 5.68. The minimum atomic E-state index is -4.45. The van der Waals surface area contributed by atoms with Gasteiger partial charge in [-0.2, -0.15) is 13.2 Å². The first-order valence-electron chi connectivity index (χ1n) is 8.26. The van der Waals surface area contributed by atoms with Gasteiger partial charge in [0.25, 0.3) is 0 Å². The number of nitrogens with one attached hydrogen (secondary N) is 1. The highest BCUT2D eigenvalue weighted by atomic mass is 19.4. The number of alkyl halides is 3. The molecular formula is C19H20F3NO4. The smallest absolute Gasteiger partial charge is 0.422 e. The number of aliphatic carboxylic acids is 1. The third-order valence-corrected chi connectivity index (χ3v) is 3.59. The molecule has 2 aromatic rings. The van der Waals surface area contributed by atoms with Crippen molar-refractivity contribution in [3.05, 3.63) is 59.7 Å². The van der Waals surface area contributed by atoms with Crippen LogP contribution >= 0.6 is 0 Å². The number of benzene rings is 2. The topological polar surface area (TPSA) is 67.8 Å². The molecule has 0 radical (unpaired) electrons. The Labute approximate surface area is 154 Å². The zero-order valence-electron chi connectivity index (χ0n) is 14.6. The van der Waals surface area contributed by atoms with Gasteiger partial charge in [-0.3, -0.25) is 10.1 Å². The number of ether oxygens (including phenoxy) is 2. The van der Waals surface area contributed by atoms with Gasteiger partial charge in [0.05, 0.1) is 6.61 Å². The first-order chi connectivity index (χ1) is 12.8. The van der Waals surface area contributed by atoms with Crippen molar-refractivity contribution < 1.29 is 32.5 Å². The van der Waals surface area contributed by atoms with Gasteiger partial charge in [0, 0.05) is 6.54 Å². The average molecular weight is 383 g/mol. The number of hydrogen-bond donors (Lipinski definition) is 2. The van der Waals surface area contributed by atoms with Crippen LogP contribution in [0.5, 0.6) is 11.5 Å². The van der Waals surface area contributed by atoms with Gasteiger partial charge >= 0.3 is 12.1 Å². The van der Waals surface area contributed by atoms with Crippen molar-refractivity contribution in [2.45, 2.75) is 25.7 Å². The van der Waals surface area contributed by atoms with Gasteiger partial charge in [-0.15, -0.1) is 0 Å². The molecule has 2 rings (SSSR count). The molecule has 0 saturated heterocycles. The molecule has 0 amide bonds. The maximum Gasteiger partial charge on any atom is 0.422 e. The van der Waals surface area contributed by atoms with E-state index in [1.807, 2.05) is 0 Å². The number of carboxylic acids is 1. The molecule has 2 aromatic carbocycles. The van der Waals surface area contributed by atoms with Crippen LogP contribution in [0.3, 0.4) is 0 Å². The summed E-state index contributed by atoms with van der Waals surface area (Å²) >= 11 is 0. The number of carbonyl (C=O) groups is 1. The molecule has 0 fully saturated rings. The Hall–Kier alpha value is -2.74. The third-order valence-electron chi connectivity index (χ3n) is 3.59. The molecule has 2 N–H and O–H groups in total. The normalized spacial score (nSPS) is 12.4. The lowest BCUT2D eigenvalue weighted by molar-refractivity contribution is -0.153. The van der Waals surface area contributed by atoms with Crippen molar-refractivity contribution >= 4 is 5.97 Å². The Morgan fingerprint density at radius 1 is 1.11 bits per heavy atom. The fraction of sp³-hybridized carbons (Fsp3) is 0.316. The van der Waals surface area contributed by atoms with E-state index in [1.54, 1.807) is 43.3 Å². The van der Waals surface area contributed by atoms with E-state index in [4.69, 9.17) is 9.47 Å². The summed E-state index contributed by atoms with van der Waals surface area (Å²) in [6.07, 6.45) is -4.45. The Bertz CT molecular complexity index is 750. The van der Waals surface area contributed by atoms with Crippen molar-refractivity contribution in [1.29, 1.82) is 0 Å². The van der Waals surface area contributed by atoms with Crippen LogP contribution in [-0.4, -0.2) is 30.5 Å². The van der Waals surface area contributed by atoms with Crippen molar-refractivity contribution in [2.75, 3.05) is 13.2 Å². The van der Waals surface area contributed by atoms with Gasteiger partial charge in [-0.05, 0) is 30.2 Å². The first-order valence-corrected chi connectivity index (χ1v) is 8.26. The van der Waals surface area contributed by atoms with Gasteiger partial charge < -0.3 is 14.6 Å². The molecule has 0 spiro atoms. The summed E-state index contributed by atoms with van der Waals surface area (Å²) in [6.45, 7) is 0.723. The summed E-state index contributed by atoms with van der Waals surface area (Å²) in [5, 5.41) is 12.3. The standard InChI is InChI=1S/C19H20F3NO4/c1-2-26-16-10-13(8-9-15(16)27-12-19(20,21)22)11-23-17(18(24)25)14-6-4-3-5-7-14/h3-10,17,23H,2,11-12H2,1H3,(H,24,25)/t17-/m0/s1. The first kappa shape index (κ1) is 20.6. The predicted molar refractivity (Wildman–Crippen MR) is 92.8 cm³/mol. The van der Waals surface area contributed by atoms with Crippen molar-refractivity contribution in [3.8, 4) is 11.5 Å². The molecule has 27 heavy (non-hydrogen) atoms. The van der Waals surface area contributed by atoms with Crippen LogP contribution < -0.4 is 14.8 Å². The van der Waals surface area contributed by atoms with Gasteiger partial charge in [0.15, 0.2) is 18.1 Å². The molecule has 0 heterocycles. The number of rotatable bonds is 9. The van der Waals surface area contributed by atoms with Crippen LogP contribution in [0.2, 0.25) is 0 Å². The van der Waals surface area contributed by atoms with E-state index in [0.29, 0.717) is 11.1 Å². The highest BCUT2D eigenvalue weighted by molar-refractivity contribution is 5.75. The quantitative estimate of drug-likeness (QED) is 0.687. The number of halogens is 3. The molecule has 0 unspecified atom stereocenters. The van der Waals surface area contributed by atoms with E-state index >= 15 is 0 Å². The molecule has 0 bridgehead atoms. The lowest BCUT2D eigenvalue weighted by atomic mass is 10.1. The van der Waals surface area contributed by atoms with Crippen molar-refractivity contribution in [2.24, 2.45) is 0 Å². The van der Waals surface area contributed by atoms with Crippen LogP contribution in [0.15, 0.2) is 48.5 Å². The fourth-order valence-electron chi connectivity index (χ4n) is 2.42. The lowest BCUT2D eigenvalue weighted by Crippen LogP contribution is -2.28. The highest BCUT2D eigenvalue weighted by Crippen LogP contribution is 2.30. The zero-order valence-corrected chi connectivity index (χ0v) is 14.6. The highest BCUT2D eigenvalue weighted by Gasteiger charge is 2.29. The molecule has 146 valence electrons. The summed E-state index contributed by atoms with van der Waals surface area (Å²) < 4.78 is 47.2. The Kier molecular flexibility index (Phi) is 7.06. The summed E-state index contributed by atoms with van der Waals surface area (Å²) in [5.74, 6) is -0.875. The Morgan fingerprint density at radius 3 is 2.41 bits per heavy atom. The van der Waals surface area contributed by atoms with Gasteiger partial charge in [-0.25, -0.2) is 0 Å². The molecular weight excluding hydrogens is 363 g/mol. The van der Waals surface area contributed by atoms with Crippen LogP contribution in [0.25, 0.3) is 0 Å². The van der Waals surface area contributed by atoms with E-state index in [2.05, 4.69) is 5.32 Å². The van der Waals surface area contributed by atoms with E-state index in [1.165, 1.54) is 12.1 Å². The Balaban J connectivity index is 2.11. The van der Waals surface area contributed by atoms with E-state index in [9.17, 15) is 23.1 Å². The van der Waals surface area contributed by atoms with Crippen LogP contribution in [0.4, 0.5) is 13.2 Å².